The van der Waals surface area contributed by atoms with E-state index in [9.17, 15) is 4.91 Å². The van der Waals surface area contributed by atoms with Crippen LogP contribution in [0.25, 0.3) is 6.08 Å². The number of unbranched alkanes of at least 4 members (excludes halogenated alkanes) is 3. The second kappa shape index (κ2) is 9.49. The molecule has 0 heterocycles. The Hall–Kier alpha value is -1.64. The van der Waals surface area contributed by atoms with Gasteiger partial charge in [-0.2, -0.15) is 4.91 Å². The van der Waals surface area contributed by atoms with Gasteiger partial charge in [0.05, 0.1) is 7.11 Å². The zero-order chi connectivity index (χ0) is 16.5. The molecule has 0 bridgehead atoms. The molecule has 1 aliphatic carbocycles. The molecule has 0 radical (unpaired) electrons. The molecule has 1 aromatic carbocycles. The Labute approximate surface area is 140 Å². The maximum atomic E-state index is 11.5. The van der Waals surface area contributed by atoms with Gasteiger partial charge in [-0.15, -0.1) is 0 Å². The Morgan fingerprint density at radius 2 is 2.09 bits per heavy atom. The first-order valence-electron chi connectivity index (χ1n) is 8.96. The fourth-order valence-corrected chi connectivity index (χ4v) is 3.61. The summed E-state index contributed by atoms with van der Waals surface area (Å²) in [7, 11) is 1.68. The molecule has 3 nitrogen and oxygen atoms in total. The number of hydrogen-bond donors (Lipinski definition) is 0. The number of hydrogen-bond acceptors (Lipinski definition) is 3. The van der Waals surface area contributed by atoms with Gasteiger partial charge in [-0.05, 0) is 49.3 Å². The highest BCUT2D eigenvalue weighted by atomic mass is 16.5. The van der Waals surface area contributed by atoms with Crippen LogP contribution in [0.15, 0.2) is 35.0 Å². The molecule has 0 aromatic heterocycles. The standard InChI is InChI=1S/C20H29NO2/c1-3-4-5-6-10-16-12-9-13-18(20(16)21-22)15-17-11-7-8-14-19(17)23-2/h7-8,11,14-16,20H,3-6,9-10,12-13H2,1-2H3. The highest BCUT2D eigenvalue weighted by molar-refractivity contribution is 5.61. The maximum Gasteiger partial charge on any atom is 0.126 e. The predicted octanol–water partition coefficient (Wildman–Crippen LogP) is 5.98. The van der Waals surface area contributed by atoms with Crippen molar-refractivity contribution in [2.24, 2.45) is 11.1 Å². The van der Waals surface area contributed by atoms with Crippen molar-refractivity contribution in [2.45, 2.75) is 64.3 Å². The summed E-state index contributed by atoms with van der Waals surface area (Å²) in [5, 5.41) is 3.50. The van der Waals surface area contributed by atoms with Crippen molar-refractivity contribution in [3.8, 4) is 5.75 Å². The molecular weight excluding hydrogens is 286 g/mol. The van der Waals surface area contributed by atoms with Gasteiger partial charge in [0.15, 0.2) is 0 Å². The van der Waals surface area contributed by atoms with Crippen LogP contribution in [0.2, 0.25) is 0 Å². The highest BCUT2D eigenvalue weighted by Crippen LogP contribution is 2.36. The van der Waals surface area contributed by atoms with E-state index in [1.54, 1.807) is 7.11 Å². The minimum Gasteiger partial charge on any atom is -0.496 e. The smallest absolute Gasteiger partial charge is 0.126 e. The number of nitrogens with zero attached hydrogens (tertiary/aromatic N) is 1. The van der Waals surface area contributed by atoms with Crippen molar-refractivity contribution in [1.82, 2.24) is 0 Å². The summed E-state index contributed by atoms with van der Waals surface area (Å²) < 4.78 is 5.42. The van der Waals surface area contributed by atoms with Gasteiger partial charge in [0.25, 0.3) is 0 Å². The molecule has 23 heavy (non-hydrogen) atoms. The summed E-state index contributed by atoms with van der Waals surface area (Å²) in [6.07, 6.45) is 11.5. The molecule has 2 unspecified atom stereocenters. The van der Waals surface area contributed by atoms with Crippen molar-refractivity contribution in [3.63, 3.8) is 0 Å². The third-order valence-electron chi connectivity index (χ3n) is 4.89. The lowest BCUT2D eigenvalue weighted by molar-refractivity contribution is 0.338. The lowest BCUT2D eigenvalue weighted by atomic mass is 9.78. The number of methoxy groups -OCH3 is 1. The number of rotatable bonds is 8. The zero-order valence-electron chi connectivity index (χ0n) is 14.5. The van der Waals surface area contributed by atoms with Crippen LogP contribution in [-0.2, 0) is 0 Å². The molecule has 0 N–H and O–H groups in total. The SMILES string of the molecule is CCCCCCC1CCCC(=Cc2ccccc2OC)C1N=O. The number of para-hydroxylation sites is 1. The lowest BCUT2D eigenvalue weighted by Gasteiger charge is -2.29. The van der Waals surface area contributed by atoms with E-state index in [4.69, 9.17) is 4.74 Å². The van der Waals surface area contributed by atoms with E-state index in [1.807, 2.05) is 24.3 Å². The first-order valence-corrected chi connectivity index (χ1v) is 8.96. The van der Waals surface area contributed by atoms with Crippen LogP contribution in [0.3, 0.4) is 0 Å². The van der Waals surface area contributed by atoms with Gasteiger partial charge in [0, 0.05) is 5.56 Å². The molecule has 0 saturated heterocycles. The van der Waals surface area contributed by atoms with Crippen LogP contribution in [0.4, 0.5) is 0 Å². The molecule has 0 amide bonds. The van der Waals surface area contributed by atoms with Crippen molar-refractivity contribution < 1.29 is 4.74 Å². The molecule has 3 heteroatoms. The topological polar surface area (TPSA) is 38.7 Å². The zero-order valence-corrected chi connectivity index (χ0v) is 14.5. The van der Waals surface area contributed by atoms with E-state index in [2.05, 4.69) is 18.2 Å². The van der Waals surface area contributed by atoms with Crippen molar-refractivity contribution >= 4 is 6.08 Å². The van der Waals surface area contributed by atoms with E-state index >= 15 is 0 Å². The Morgan fingerprint density at radius 3 is 2.83 bits per heavy atom. The van der Waals surface area contributed by atoms with Gasteiger partial charge in [0.1, 0.15) is 11.8 Å². The van der Waals surface area contributed by atoms with Crippen LogP contribution in [0.1, 0.15) is 63.9 Å². The molecule has 1 fully saturated rings. The minimum absolute atomic E-state index is 0.157. The van der Waals surface area contributed by atoms with Crippen LogP contribution >= 0.6 is 0 Å². The molecule has 1 aliphatic rings. The van der Waals surface area contributed by atoms with E-state index in [-0.39, 0.29) is 6.04 Å². The average Bonchev–Trinajstić information content (AvgIpc) is 2.59. The third kappa shape index (κ3) is 4.92. The Morgan fingerprint density at radius 1 is 1.26 bits per heavy atom. The number of ether oxygens (including phenoxy) is 1. The van der Waals surface area contributed by atoms with Crippen LogP contribution < -0.4 is 4.74 Å². The fraction of sp³-hybridized carbons (Fsp3) is 0.600. The first kappa shape index (κ1) is 17.7. The molecule has 0 spiro atoms. The summed E-state index contributed by atoms with van der Waals surface area (Å²) in [6, 6.07) is 7.81. The Bertz CT molecular complexity index is 524. The van der Waals surface area contributed by atoms with Gasteiger partial charge < -0.3 is 4.74 Å². The summed E-state index contributed by atoms with van der Waals surface area (Å²) in [4.78, 5) is 11.5. The minimum atomic E-state index is -0.157. The van der Waals surface area contributed by atoms with Crippen LogP contribution in [0.5, 0.6) is 5.75 Å². The molecule has 2 atom stereocenters. The van der Waals surface area contributed by atoms with Crippen molar-refractivity contribution in [3.05, 3.63) is 40.3 Å². The van der Waals surface area contributed by atoms with Crippen LogP contribution in [0, 0.1) is 10.8 Å². The summed E-state index contributed by atoms with van der Waals surface area (Å²) in [5.41, 5.74) is 2.22. The second-order valence-corrected chi connectivity index (χ2v) is 6.51. The van der Waals surface area contributed by atoms with Gasteiger partial charge in [-0.1, -0.05) is 56.0 Å². The van der Waals surface area contributed by atoms with Crippen LogP contribution in [-0.4, -0.2) is 13.2 Å². The third-order valence-corrected chi connectivity index (χ3v) is 4.89. The Balaban J connectivity index is 2.10. The molecule has 0 aliphatic heterocycles. The van der Waals surface area contributed by atoms with Crippen molar-refractivity contribution in [2.75, 3.05) is 7.11 Å². The molecule has 1 aromatic rings. The largest absolute Gasteiger partial charge is 0.496 e. The van der Waals surface area contributed by atoms with E-state index < -0.39 is 0 Å². The quantitative estimate of drug-likeness (QED) is 0.437. The van der Waals surface area contributed by atoms with Gasteiger partial charge >= 0.3 is 0 Å². The molecule has 1 saturated carbocycles. The predicted molar refractivity (Wildman–Crippen MR) is 96.7 cm³/mol. The maximum absolute atomic E-state index is 11.5. The Kier molecular flexibility index (Phi) is 7.31. The summed E-state index contributed by atoms with van der Waals surface area (Å²) in [6.45, 7) is 2.23. The highest BCUT2D eigenvalue weighted by Gasteiger charge is 2.29. The molecule has 126 valence electrons. The van der Waals surface area contributed by atoms with Gasteiger partial charge in [-0.3, -0.25) is 0 Å². The van der Waals surface area contributed by atoms with Crippen molar-refractivity contribution in [1.29, 1.82) is 0 Å². The fourth-order valence-electron chi connectivity index (χ4n) is 3.61. The van der Waals surface area contributed by atoms with E-state index in [0.29, 0.717) is 5.92 Å². The molecular formula is C20H29NO2. The lowest BCUT2D eigenvalue weighted by Crippen LogP contribution is -2.25. The summed E-state index contributed by atoms with van der Waals surface area (Å²) in [5.74, 6) is 1.27. The second-order valence-electron chi connectivity index (χ2n) is 6.51. The monoisotopic (exact) mass is 315 g/mol. The molecule has 2 rings (SSSR count). The normalized spacial score (nSPS) is 23.0. The number of nitroso groups, excluding NO2 is 1. The van der Waals surface area contributed by atoms with Gasteiger partial charge in [-0.25, -0.2) is 0 Å². The summed E-state index contributed by atoms with van der Waals surface area (Å²) >= 11 is 0. The number of benzene rings is 1. The van der Waals surface area contributed by atoms with E-state index in [1.165, 1.54) is 31.3 Å². The van der Waals surface area contributed by atoms with E-state index in [0.717, 1.165) is 37.0 Å². The first-order chi connectivity index (χ1) is 11.3. The average molecular weight is 315 g/mol. The van der Waals surface area contributed by atoms with Gasteiger partial charge in [0.2, 0.25) is 0 Å².